The first-order valence-electron chi connectivity index (χ1n) is 3.58. The van der Waals surface area contributed by atoms with Crippen molar-refractivity contribution in [1.29, 1.82) is 0 Å². The topological polar surface area (TPSA) is 57.5 Å². The van der Waals surface area contributed by atoms with Crippen LogP contribution in [0.1, 0.15) is 17.3 Å². The molecule has 0 heterocycles. The molecule has 0 radical (unpaired) electrons. The van der Waals surface area contributed by atoms with Gasteiger partial charge in [0, 0.05) is 5.56 Å². The summed E-state index contributed by atoms with van der Waals surface area (Å²) in [5.41, 5.74) is 1.34. The molecule has 0 atom stereocenters. The quantitative estimate of drug-likeness (QED) is 0.311. The predicted octanol–water partition coefficient (Wildman–Crippen LogP) is -2.40. The predicted molar refractivity (Wildman–Crippen MR) is 44.8 cm³/mol. The summed E-state index contributed by atoms with van der Waals surface area (Å²) in [7, 11) is 0. The third kappa shape index (κ3) is 3.58. The Morgan fingerprint density at radius 1 is 1.31 bits per heavy atom. The summed E-state index contributed by atoms with van der Waals surface area (Å²) in [6, 6.07) is 6.62. The van der Waals surface area contributed by atoms with Crippen LogP contribution in [-0.2, 0) is 0 Å². The van der Waals surface area contributed by atoms with Gasteiger partial charge in [-0.05, 0) is 6.92 Å². The molecule has 2 N–H and O–H groups in total. The molecule has 66 valence electrons. The van der Waals surface area contributed by atoms with E-state index in [2.05, 4.69) is 0 Å². The Morgan fingerprint density at radius 3 is 2.15 bits per heavy atom. The average molecular weight is 190 g/mol. The Hall–Kier alpha value is -0.190. The van der Waals surface area contributed by atoms with Gasteiger partial charge in [-0.25, -0.2) is 0 Å². The number of aryl methyl sites for hydroxylation is 1. The minimum atomic E-state index is -1.91. The standard InChI is InChI=1S/C9H10O3.Na.H/c1-6-2-4-7(5-3-6)8(10)9(11)12;;/h2-5,9,11-12H,1H3;;/q;+1;-1. The third-order valence-electron chi connectivity index (χ3n) is 1.57. The molecular weight excluding hydrogens is 179 g/mol. The van der Waals surface area contributed by atoms with Crippen molar-refractivity contribution < 1.29 is 46.0 Å². The Bertz CT molecular complexity index is 285. The monoisotopic (exact) mass is 190 g/mol. The van der Waals surface area contributed by atoms with Gasteiger partial charge in [0.1, 0.15) is 0 Å². The van der Waals surface area contributed by atoms with E-state index >= 15 is 0 Å². The smallest absolute Gasteiger partial charge is 1.00 e. The maximum absolute atomic E-state index is 11.0. The average Bonchev–Trinajstić information content (AvgIpc) is 2.04. The van der Waals surface area contributed by atoms with Crippen LogP contribution in [0.15, 0.2) is 24.3 Å². The Kier molecular flexibility index (Phi) is 5.44. The number of hydrogen-bond acceptors (Lipinski definition) is 3. The minimum Gasteiger partial charge on any atom is -1.00 e. The summed E-state index contributed by atoms with van der Waals surface area (Å²) < 4.78 is 0. The van der Waals surface area contributed by atoms with Crippen LogP contribution < -0.4 is 29.6 Å². The molecule has 4 heteroatoms. The molecule has 0 saturated carbocycles. The summed E-state index contributed by atoms with van der Waals surface area (Å²) >= 11 is 0. The van der Waals surface area contributed by atoms with Gasteiger partial charge in [-0.15, -0.1) is 0 Å². The first kappa shape index (κ1) is 12.8. The van der Waals surface area contributed by atoms with Crippen molar-refractivity contribution >= 4 is 5.78 Å². The van der Waals surface area contributed by atoms with E-state index in [0.29, 0.717) is 5.56 Å². The fraction of sp³-hybridized carbons (Fsp3) is 0.222. The number of carbonyl (C=O) groups excluding carboxylic acids is 1. The van der Waals surface area contributed by atoms with Crippen LogP contribution in [0.4, 0.5) is 0 Å². The van der Waals surface area contributed by atoms with E-state index in [1.807, 2.05) is 6.92 Å². The van der Waals surface area contributed by atoms with Crippen molar-refractivity contribution in [3.05, 3.63) is 35.4 Å². The van der Waals surface area contributed by atoms with Crippen LogP contribution in [0.25, 0.3) is 0 Å². The molecule has 0 unspecified atom stereocenters. The second-order valence-corrected chi connectivity index (χ2v) is 2.60. The summed E-state index contributed by atoms with van der Waals surface area (Å²) in [6.45, 7) is 1.89. The van der Waals surface area contributed by atoms with E-state index in [-0.39, 0.29) is 31.0 Å². The second-order valence-electron chi connectivity index (χ2n) is 2.60. The Balaban J connectivity index is 0. The largest absolute Gasteiger partial charge is 1.00 e. The Labute approximate surface area is 100 Å². The first-order valence-corrected chi connectivity index (χ1v) is 3.58. The van der Waals surface area contributed by atoms with Gasteiger partial charge < -0.3 is 11.6 Å². The number of benzene rings is 1. The number of aliphatic hydroxyl groups excluding tert-OH is 1. The fourth-order valence-corrected chi connectivity index (χ4v) is 0.867. The van der Waals surface area contributed by atoms with Gasteiger partial charge in [0.25, 0.3) is 0 Å². The zero-order valence-electron chi connectivity index (χ0n) is 8.69. The molecule has 0 aromatic heterocycles. The van der Waals surface area contributed by atoms with Crippen LogP contribution in [0.2, 0.25) is 0 Å². The molecule has 0 aliphatic carbocycles. The molecule has 0 spiro atoms. The number of carbonyl (C=O) groups is 1. The van der Waals surface area contributed by atoms with Crippen LogP contribution in [0.5, 0.6) is 0 Å². The van der Waals surface area contributed by atoms with Gasteiger partial charge in [0.2, 0.25) is 12.1 Å². The van der Waals surface area contributed by atoms with Crippen LogP contribution >= 0.6 is 0 Å². The second kappa shape index (κ2) is 5.52. The summed E-state index contributed by atoms with van der Waals surface area (Å²) in [4.78, 5) is 11.0. The molecule has 3 nitrogen and oxygen atoms in total. The van der Waals surface area contributed by atoms with Crippen molar-refractivity contribution in [1.82, 2.24) is 0 Å². The minimum absolute atomic E-state index is 0. The summed E-state index contributed by atoms with van der Waals surface area (Å²) in [6.07, 6.45) is -1.91. The molecule has 0 aliphatic heterocycles. The molecule has 13 heavy (non-hydrogen) atoms. The van der Waals surface area contributed by atoms with Crippen LogP contribution in [-0.4, -0.2) is 22.3 Å². The van der Waals surface area contributed by atoms with E-state index < -0.39 is 12.1 Å². The van der Waals surface area contributed by atoms with E-state index in [9.17, 15) is 4.79 Å². The molecular formula is C9H11NaO3. The third-order valence-corrected chi connectivity index (χ3v) is 1.57. The Morgan fingerprint density at radius 2 is 1.77 bits per heavy atom. The SMILES string of the molecule is Cc1ccc(C(=O)C(O)O)cc1.[H-].[Na+]. The van der Waals surface area contributed by atoms with Crippen molar-refractivity contribution in [2.24, 2.45) is 0 Å². The number of rotatable bonds is 2. The van der Waals surface area contributed by atoms with Gasteiger partial charge in [-0.3, -0.25) is 4.79 Å². The zero-order chi connectivity index (χ0) is 9.14. The van der Waals surface area contributed by atoms with Gasteiger partial charge in [-0.1, -0.05) is 29.8 Å². The van der Waals surface area contributed by atoms with Gasteiger partial charge in [-0.2, -0.15) is 0 Å². The van der Waals surface area contributed by atoms with Crippen molar-refractivity contribution in [3.63, 3.8) is 0 Å². The van der Waals surface area contributed by atoms with E-state index in [1.54, 1.807) is 24.3 Å². The molecule has 0 amide bonds. The number of ketones is 1. The zero-order valence-corrected chi connectivity index (χ0v) is 9.69. The molecule has 1 aromatic rings. The molecule has 0 aliphatic rings. The first-order chi connectivity index (χ1) is 5.61. The van der Waals surface area contributed by atoms with Crippen LogP contribution in [0.3, 0.4) is 0 Å². The number of Topliss-reactive ketones (excluding diaryl/α,β-unsaturated/α-hetero) is 1. The van der Waals surface area contributed by atoms with Gasteiger partial charge >= 0.3 is 29.6 Å². The maximum atomic E-state index is 11.0. The maximum Gasteiger partial charge on any atom is 1.00 e. The summed E-state index contributed by atoms with van der Waals surface area (Å²) in [5, 5.41) is 17.1. The van der Waals surface area contributed by atoms with E-state index in [4.69, 9.17) is 10.2 Å². The number of hydrogen-bond donors (Lipinski definition) is 2. The van der Waals surface area contributed by atoms with Crippen LogP contribution in [0, 0.1) is 6.92 Å². The summed E-state index contributed by atoms with van der Waals surface area (Å²) in [5.74, 6) is -0.671. The van der Waals surface area contributed by atoms with Gasteiger partial charge in [0.05, 0.1) is 0 Å². The number of aliphatic hydroxyl groups is 2. The fourth-order valence-electron chi connectivity index (χ4n) is 0.867. The molecule has 0 bridgehead atoms. The van der Waals surface area contributed by atoms with E-state index in [0.717, 1.165) is 5.56 Å². The molecule has 0 saturated heterocycles. The normalized spacial score (nSPS) is 9.54. The molecule has 1 aromatic carbocycles. The van der Waals surface area contributed by atoms with E-state index in [1.165, 1.54) is 0 Å². The van der Waals surface area contributed by atoms with Crippen molar-refractivity contribution in [3.8, 4) is 0 Å². The van der Waals surface area contributed by atoms with Crippen molar-refractivity contribution in [2.75, 3.05) is 0 Å². The van der Waals surface area contributed by atoms with Crippen molar-refractivity contribution in [2.45, 2.75) is 13.2 Å². The van der Waals surface area contributed by atoms with Gasteiger partial charge in [0.15, 0.2) is 0 Å². The molecule has 1 rings (SSSR count). The molecule has 0 fully saturated rings.